The van der Waals surface area contributed by atoms with Crippen molar-refractivity contribution in [1.29, 1.82) is 0 Å². The molecule has 2 unspecified atom stereocenters. The highest BCUT2D eigenvalue weighted by molar-refractivity contribution is 5.92. The summed E-state index contributed by atoms with van der Waals surface area (Å²) in [6.07, 6.45) is 12.3. The number of nitrogens with two attached hydrogens (primary N) is 2. The number of carbonyl (C=O) groups excluding carboxylic acids is 1. The fraction of sp³-hybridized carbons (Fsp3) is 0.591. The van der Waals surface area contributed by atoms with Crippen LogP contribution >= 0.6 is 0 Å². The molecule has 0 aliphatic heterocycles. The predicted octanol–water partition coefficient (Wildman–Crippen LogP) is 3.92. The first kappa shape index (κ1) is 22.7. The molecular formula is C22H35N5O2. The van der Waals surface area contributed by atoms with Crippen LogP contribution in [-0.4, -0.2) is 29.8 Å². The Hall–Kier alpha value is -2.57. The second-order valence-corrected chi connectivity index (χ2v) is 8.11. The van der Waals surface area contributed by atoms with Gasteiger partial charge in [0.2, 0.25) is 0 Å². The molecule has 2 aliphatic carbocycles. The van der Waals surface area contributed by atoms with E-state index in [1.54, 1.807) is 12.3 Å². The van der Waals surface area contributed by atoms with Crippen molar-refractivity contribution >= 4 is 18.1 Å². The van der Waals surface area contributed by atoms with Crippen molar-refractivity contribution in [3.8, 4) is 0 Å². The van der Waals surface area contributed by atoms with Crippen molar-refractivity contribution in [3.05, 3.63) is 35.3 Å². The number of nitrogens with zero attached hydrogens (tertiary/aromatic N) is 2. The van der Waals surface area contributed by atoms with Crippen LogP contribution < -0.4 is 16.8 Å². The molecule has 0 aromatic rings. The van der Waals surface area contributed by atoms with Crippen molar-refractivity contribution in [3.63, 3.8) is 0 Å². The Bertz CT molecular complexity index is 744. The van der Waals surface area contributed by atoms with Gasteiger partial charge in [0.1, 0.15) is 11.9 Å². The van der Waals surface area contributed by atoms with E-state index in [4.69, 9.17) is 16.2 Å². The Labute approximate surface area is 174 Å². The fourth-order valence-electron chi connectivity index (χ4n) is 3.24. The highest BCUT2D eigenvalue weighted by Crippen LogP contribution is 2.35. The van der Waals surface area contributed by atoms with Gasteiger partial charge in [0, 0.05) is 23.4 Å². The number of rotatable bonds is 8. The summed E-state index contributed by atoms with van der Waals surface area (Å²) in [6, 6.07) is 0. The van der Waals surface area contributed by atoms with Gasteiger partial charge in [0.25, 0.3) is 0 Å². The van der Waals surface area contributed by atoms with Gasteiger partial charge in [-0.25, -0.2) is 14.8 Å². The molecule has 2 fully saturated rings. The molecule has 1 amide bonds. The average molecular weight is 402 g/mol. The van der Waals surface area contributed by atoms with Crippen LogP contribution in [0.3, 0.4) is 0 Å². The van der Waals surface area contributed by atoms with E-state index in [-0.39, 0.29) is 23.7 Å². The second kappa shape index (κ2) is 10.3. The van der Waals surface area contributed by atoms with Crippen LogP contribution in [0.25, 0.3) is 0 Å². The lowest BCUT2D eigenvalue weighted by atomic mass is 10.0. The zero-order valence-corrected chi connectivity index (χ0v) is 18.1. The number of amides is 1. The van der Waals surface area contributed by atoms with Crippen molar-refractivity contribution in [2.24, 2.45) is 27.4 Å². The van der Waals surface area contributed by atoms with Crippen molar-refractivity contribution in [2.45, 2.75) is 77.9 Å². The minimum Gasteiger partial charge on any atom is -0.446 e. The first-order valence-corrected chi connectivity index (χ1v) is 10.4. The highest BCUT2D eigenvalue weighted by atomic mass is 16.6. The zero-order chi connectivity index (χ0) is 21.4. The smallest absolute Gasteiger partial charge is 0.407 e. The third-order valence-corrected chi connectivity index (χ3v) is 5.29. The molecule has 2 atom stereocenters. The molecule has 29 heavy (non-hydrogen) atoms. The van der Waals surface area contributed by atoms with E-state index in [0.717, 1.165) is 37.7 Å². The van der Waals surface area contributed by atoms with Crippen LogP contribution in [-0.2, 0) is 4.74 Å². The molecule has 7 heteroatoms. The lowest BCUT2D eigenvalue weighted by molar-refractivity contribution is 0.0960. The Balaban J connectivity index is 1.97. The van der Waals surface area contributed by atoms with E-state index in [9.17, 15) is 4.79 Å². The Morgan fingerprint density at radius 1 is 1.31 bits per heavy atom. The van der Waals surface area contributed by atoms with E-state index in [1.807, 2.05) is 26.8 Å². The van der Waals surface area contributed by atoms with Gasteiger partial charge in [-0.05, 0) is 70.9 Å². The fourth-order valence-corrected chi connectivity index (χ4v) is 3.24. The SMILES string of the molecule is C\C=N/C(/N=C(N)\C=C(/N)C1CCC(OC(=O)NC2(C)CC2)C1)=C(C)\C=C\CC. The molecule has 0 aromatic carbocycles. The van der Waals surface area contributed by atoms with Gasteiger partial charge in [-0.3, -0.25) is 0 Å². The molecule has 0 saturated heterocycles. The quantitative estimate of drug-likeness (QED) is 0.325. The number of aliphatic imine (C=N–C) groups is 2. The summed E-state index contributed by atoms with van der Waals surface area (Å²) in [7, 11) is 0. The standard InChI is InChI=1S/C22H35N5O2/c1-5-7-8-15(3)20(25-6-2)26-19(24)14-18(23)16-9-10-17(13-16)29-21(28)27-22(4)11-12-22/h6-8,14,16-17H,5,9-13,23H2,1-4H3,(H2,24,26)(H,27,28)/b8-7+,18-14-,20-15+,25-6-. The number of hydrogen-bond acceptors (Lipinski definition) is 5. The number of alkyl carbamates (subject to hydrolysis) is 1. The molecular weight excluding hydrogens is 366 g/mol. The lowest BCUT2D eigenvalue weighted by Gasteiger charge is -2.16. The van der Waals surface area contributed by atoms with Gasteiger partial charge >= 0.3 is 6.09 Å². The van der Waals surface area contributed by atoms with Crippen LogP contribution in [0, 0.1) is 5.92 Å². The predicted molar refractivity (Wildman–Crippen MR) is 119 cm³/mol. The van der Waals surface area contributed by atoms with Crippen molar-refractivity contribution in [1.82, 2.24) is 5.32 Å². The molecule has 2 rings (SSSR count). The summed E-state index contributed by atoms with van der Waals surface area (Å²) >= 11 is 0. The number of allylic oxidation sites excluding steroid dienone is 4. The Kier molecular flexibility index (Phi) is 8.05. The summed E-state index contributed by atoms with van der Waals surface area (Å²) in [5, 5.41) is 2.92. The Morgan fingerprint density at radius 2 is 2.03 bits per heavy atom. The molecule has 0 radical (unpaired) electrons. The van der Waals surface area contributed by atoms with E-state index >= 15 is 0 Å². The van der Waals surface area contributed by atoms with Crippen LogP contribution in [0.15, 0.2) is 45.3 Å². The van der Waals surface area contributed by atoms with Crippen LogP contribution in [0.2, 0.25) is 0 Å². The summed E-state index contributed by atoms with van der Waals surface area (Å²) in [4.78, 5) is 20.7. The number of hydrogen-bond donors (Lipinski definition) is 3. The molecule has 2 aliphatic rings. The first-order valence-electron chi connectivity index (χ1n) is 10.4. The molecule has 0 heterocycles. The molecule has 5 N–H and O–H groups in total. The van der Waals surface area contributed by atoms with E-state index < -0.39 is 0 Å². The van der Waals surface area contributed by atoms with Gasteiger partial charge in [0.15, 0.2) is 5.82 Å². The molecule has 160 valence electrons. The number of nitrogens with one attached hydrogen (secondary N) is 1. The molecule has 0 spiro atoms. The molecule has 2 saturated carbocycles. The van der Waals surface area contributed by atoms with Crippen LogP contribution in [0.1, 0.15) is 66.2 Å². The maximum atomic E-state index is 12.0. The maximum Gasteiger partial charge on any atom is 0.407 e. The average Bonchev–Trinajstić information content (AvgIpc) is 3.18. The van der Waals surface area contributed by atoms with E-state index in [0.29, 0.717) is 23.8 Å². The molecule has 0 bridgehead atoms. The first-order chi connectivity index (χ1) is 13.8. The maximum absolute atomic E-state index is 12.0. The third kappa shape index (κ3) is 7.40. The topological polar surface area (TPSA) is 115 Å². The van der Waals surface area contributed by atoms with Crippen LogP contribution in [0.4, 0.5) is 4.79 Å². The minimum atomic E-state index is -0.331. The van der Waals surface area contributed by atoms with Gasteiger partial charge in [-0.1, -0.05) is 19.1 Å². The normalized spacial score (nSPS) is 25.4. The molecule has 7 nitrogen and oxygen atoms in total. The second-order valence-electron chi connectivity index (χ2n) is 8.11. The number of carbonyl (C=O) groups is 1. The number of amidine groups is 1. The number of ether oxygens (including phenoxy) is 1. The third-order valence-electron chi connectivity index (χ3n) is 5.29. The summed E-state index contributed by atoms with van der Waals surface area (Å²) in [5.41, 5.74) is 13.9. The van der Waals surface area contributed by atoms with E-state index in [1.165, 1.54) is 0 Å². The minimum absolute atomic E-state index is 0.0738. The van der Waals surface area contributed by atoms with Crippen LogP contribution in [0.5, 0.6) is 0 Å². The molecule has 0 aromatic heterocycles. The highest BCUT2D eigenvalue weighted by Gasteiger charge is 2.40. The summed E-state index contributed by atoms with van der Waals surface area (Å²) in [5.74, 6) is 1.01. The van der Waals surface area contributed by atoms with E-state index in [2.05, 4.69) is 28.3 Å². The lowest BCUT2D eigenvalue weighted by Crippen LogP contribution is -2.36. The summed E-state index contributed by atoms with van der Waals surface area (Å²) in [6.45, 7) is 7.89. The van der Waals surface area contributed by atoms with Crippen molar-refractivity contribution in [2.75, 3.05) is 0 Å². The van der Waals surface area contributed by atoms with Gasteiger partial charge in [-0.15, -0.1) is 0 Å². The van der Waals surface area contributed by atoms with Crippen molar-refractivity contribution < 1.29 is 9.53 Å². The zero-order valence-electron chi connectivity index (χ0n) is 18.1. The van der Waals surface area contributed by atoms with Gasteiger partial charge in [0.05, 0.1) is 0 Å². The Morgan fingerprint density at radius 3 is 2.66 bits per heavy atom. The van der Waals surface area contributed by atoms with Gasteiger partial charge < -0.3 is 21.5 Å². The summed E-state index contributed by atoms with van der Waals surface area (Å²) < 4.78 is 5.55. The largest absolute Gasteiger partial charge is 0.446 e. The monoisotopic (exact) mass is 401 g/mol. The van der Waals surface area contributed by atoms with Gasteiger partial charge in [-0.2, -0.15) is 0 Å².